The number of hydrogen-bond acceptors (Lipinski definition) is 3. The lowest BCUT2D eigenvalue weighted by Crippen LogP contribution is -2.15. The van der Waals surface area contributed by atoms with Crippen LogP contribution in [0.3, 0.4) is 0 Å². The van der Waals surface area contributed by atoms with Crippen LogP contribution in [0.15, 0.2) is 30.6 Å². The van der Waals surface area contributed by atoms with Gasteiger partial charge in [0.2, 0.25) is 0 Å². The van der Waals surface area contributed by atoms with Crippen LogP contribution in [0.1, 0.15) is 5.56 Å². The van der Waals surface area contributed by atoms with E-state index in [2.05, 4.69) is 9.97 Å². The number of halogens is 2. The lowest BCUT2D eigenvalue weighted by atomic mass is 10.2. The molecule has 2 aromatic rings. The topological polar surface area (TPSA) is 29.0 Å². The Morgan fingerprint density at radius 2 is 2.18 bits per heavy atom. The summed E-state index contributed by atoms with van der Waals surface area (Å²) in [5.74, 6) is 0.410. The summed E-state index contributed by atoms with van der Waals surface area (Å²) in [6.07, 6.45) is 3.99. The normalized spacial score (nSPS) is 13.9. The molecule has 1 aliphatic heterocycles. The molecule has 86 valence electrons. The van der Waals surface area contributed by atoms with Crippen LogP contribution in [0.4, 0.5) is 15.9 Å². The molecular weight excluding hydrogens is 241 g/mol. The van der Waals surface area contributed by atoms with E-state index in [1.807, 2.05) is 11.0 Å². The van der Waals surface area contributed by atoms with Crippen molar-refractivity contribution in [3.8, 4) is 0 Å². The van der Waals surface area contributed by atoms with Gasteiger partial charge in [0.1, 0.15) is 11.0 Å². The fourth-order valence-corrected chi connectivity index (χ4v) is 2.20. The van der Waals surface area contributed by atoms with Crippen molar-refractivity contribution in [1.82, 2.24) is 9.97 Å². The summed E-state index contributed by atoms with van der Waals surface area (Å²) in [7, 11) is 0. The molecule has 0 aliphatic carbocycles. The van der Waals surface area contributed by atoms with Gasteiger partial charge in [-0.1, -0.05) is 17.7 Å². The molecule has 0 N–H and O–H groups in total. The molecule has 5 heteroatoms. The van der Waals surface area contributed by atoms with Crippen LogP contribution in [0, 0.1) is 5.82 Å². The van der Waals surface area contributed by atoms with Gasteiger partial charge in [0, 0.05) is 12.2 Å². The summed E-state index contributed by atoms with van der Waals surface area (Å²) >= 11 is 5.81. The second-order valence-corrected chi connectivity index (χ2v) is 4.26. The fourth-order valence-electron chi connectivity index (χ4n) is 2.05. The van der Waals surface area contributed by atoms with Gasteiger partial charge in [-0.2, -0.15) is 0 Å². The van der Waals surface area contributed by atoms with Crippen molar-refractivity contribution in [2.24, 2.45) is 0 Å². The number of rotatable bonds is 1. The third kappa shape index (κ3) is 1.85. The van der Waals surface area contributed by atoms with Crippen molar-refractivity contribution < 1.29 is 4.39 Å². The Balaban J connectivity index is 2.06. The van der Waals surface area contributed by atoms with Crippen LogP contribution >= 0.6 is 11.6 Å². The first kappa shape index (κ1) is 10.5. The maximum absolute atomic E-state index is 13.2. The molecule has 17 heavy (non-hydrogen) atoms. The van der Waals surface area contributed by atoms with Crippen LogP contribution in [0.5, 0.6) is 0 Å². The zero-order valence-electron chi connectivity index (χ0n) is 8.90. The van der Waals surface area contributed by atoms with E-state index in [4.69, 9.17) is 11.6 Å². The maximum atomic E-state index is 13.2. The average Bonchev–Trinajstić information content (AvgIpc) is 2.71. The number of benzene rings is 1. The molecule has 0 fully saturated rings. The number of aromatic nitrogens is 2. The molecule has 0 amide bonds. The molecule has 0 saturated heterocycles. The average molecular weight is 250 g/mol. The van der Waals surface area contributed by atoms with Crippen LogP contribution in [-0.4, -0.2) is 16.5 Å². The zero-order valence-corrected chi connectivity index (χ0v) is 9.65. The summed E-state index contributed by atoms with van der Waals surface area (Å²) in [6.45, 7) is 0.772. The second kappa shape index (κ2) is 3.96. The highest BCUT2D eigenvalue weighted by Crippen LogP contribution is 2.33. The summed E-state index contributed by atoms with van der Waals surface area (Å²) in [6, 6.07) is 4.81. The quantitative estimate of drug-likeness (QED) is 0.778. The first-order valence-corrected chi connectivity index (χ1v) is 5.65. The van der Waals surface area contributed by atoms with Gasteiger partial charge in [0.15, 0.2) is 5.82 Å². The van der Waals surface area contributed by atoms with Gasteiger partial charge in [-0.05, 0) is 24.1 Å². The van der Waals surface area contributed by atoms with Gasteiger partial charge in [0.05, 0.1) is 12.4 Å². The Morgan fingerprint density at radius 1 is 1.29 bits per heavy atom. The van der Waals surface area contributed by atoms with Crippen molar-refractivity contribution in [1.29, 1.82) is 0 Å². The SMILES string of the molecule is Fc1ccc2c(c1)N(c1cncc(Cl)n1)CC2. The molecule has 0 bridgehead atoms. The van der Waals surface area contributed by atoms with Crippen molar-refractivity contribution in [3.63, 3.8) is 0 Å². The Labute approximate surface area is 103 Å². The molecule has 1 aromatic heterocycles. The molecule has 0 radical (unpaired) electrons. The van der Waals surface area contributed by atoms with Crippen LogP contribution in [-0.2, 0) is 6.42 Å². The summed E-state index contributed by atoms with van der Waals surface area (Å²) in [5, 5.41) is 0.340. The van der Waals surface area contributed by atoms with E-state index in [0.717, 1.165) is 24.2 Å². The number of fused-ring (bicyclic) bond motifs is 1. The van der Waals surface area contributed by atoms with Gasteiger partial charge < -0.3 is 4.90 Å². The number of hydrogen-bond donors (Lipinski definition) is 0. The van der Waals surface area contributed by atoms with Crippen molar-refractivity contribution in [3.05, 3.63) is 47.1 Å². The molecule has 0 atom stereocenters. The number of nitrogens with zero attached hydrogens (tertiary/aromatic N) is 3. The van der Waals surface area contributed by atoms with Crippen molar-refractivity contribution >= 4 is 23.1 Å². The third-order valence-electron chi connectivity index (χ3n) is 2.81. The van der Waals surface area contributed by atoms with E-state index >= 15 is 0 Å². The minimum Gasteiger partial charge on any atom is -0.324 e. The van der Waals surface area contributed by atoms with Crippen LogP contribution < -0.4 is 4.90 Å². The minimum atomic E-state index is -0.245. The van der Waals surface area contributed by atoms with Crippen LogP contribution in [0.25, 0.3) is 0 Å². The Hall–Kier alpha value is -1.68. The summed E-state index contributed by atoms with van der Waals surface area (Å²) in [4.78, 5) is 10.1. The van der Waals surface area contributed by atoms with E-state index in [0.29, 0.717) is 11.0 Å². The van der Waals surface area contributed by atoms with Gasteiger partial charge in [-0.25, -0.2) is 9.37 Å². The van der Waals surface area contributed by atoms with Crippen molar-refractivity contribution in [2.75, 3.05) is 11.4 Å². The molecule has 2 heterocycles. The summed E-state index contributed by atoms with van der Waals surface area (Å²) < 4.78 is 13.2. The van der Waals surface area contributed by atoms with E-state index < -0.39 is 0 Å². The lowest BCUT2D eigenvalue weighted by molar-refractivity contribution is 0.628. The number of anilines is 2. The first-order chi connectivity index (χ1) is 8.24. The monoisotopic (exact) mass is 249 g/mol. The van der Waals surface area contributed by atoms with E-state index in [-0.39, 0.29) is 5.82 Å². The lowest BCUT2D eigenvalue weighted by Gasteiger charge is -2.17. The van der Waals surface area contributed by atoms with Crippen molar-refractivity contribution in [2.45, 2.75) is 6.42 Å². The second-order valence-electron chi connectivity index (χ2n) is 3.87. The highest BCUT2D eigenvalue weighted by molar-refractivity contribution is 6.29. The maximum Gasteiger partial charge on any atom is 0.153 e. The van der Waals surface area contributed by atoms with Crippen LogP contribution in [0.2, 0.25) is 5.15 Å². The van der Waals surface area contributed by atoms with E-state index in [1.54, 1.807) is 6.20 Å². The largest absolute Gasteiger partial charge is 0.324 e. The minimum absolute atomic E-state index is 0.245. The Morgan fingerprint density at radius 3 is 3.00 bits per heavy atom. The Bertz CT molecular complexity index is 573. The molecule has 0 spiro atoms. The molecule has 3 rings (SSSR count). The standard InChI is InChI=1S/C12H9ClFN3/c13-11-6-15-7-12(16-11)17-4-3-8-1-2-9(14)5-10(8)17/h1-2,5-7H,3-4H2. The van der Waals surface area contributed by atoms with Gasteiger partial charge >= 0.3 is 0 Å². The molecule has 1 aromatic carbocycles. The van der Waals surface area contributed by atoms with Gasteiger partial charge in [-0.3, -0.25) is 4.98 Å². The first-order valence-electron chi connectivity index (χ1n) is 5.27. The fraction of sp³-hybridized carbons (Fsp3) is 0.167. The highest BCUT2D eigenvalue weighted by atomic mass is 35.5. The molecule has 1 aliphatic rings. The highest BCUT2D eigenvalue weighted by Gasteiger charge is 2.22. The summed E-state index contributed by atoms with van der Waals surface area (Å²) in [5.41, 5.74) is 1.97. The molecular formula is C12H9ClFN3. The van der Waals surface area contributed by atoms with Gasteiger partial charge in [0.25, 0.3) is 0 Å². The molecule has 0 unspecified atom stereocenters. The smallest absolute Gasteiger partial charge is 0.153 e. The molecule has 3 nitrogen and oxygen atoms in total. The van der Waals surface area contributed by atoms with E-state index in [9.17, 15) is 4.39 Å². The zero-order chi connectivity index (χ0) is 11.8. The van der Waals surface area contributed by atoms with E-state index in [1.165, 1.54) is 18.3 Å². The predicted molar refractivity (Wildman–Crippen MR) is 64.2 cm³/mol. The predicted octanol–water partition coefficient (Wildman–Crippen LogP) is 2.96. The third-order valence-corrected chi connectivity index (χ3v) is 2.99. The Kier molecular flexibility index (Phi) is 2.44. The molecule has 0 saturated carbocycles. The van der Waals surface area contributed by atoms with Gasteiger partial charge in [-0.15, -0.1) is 0 Å².